The molecular weight excluding hydrogens is 510 g/mol. The van der Waals surface area contributed by atoms with Crippen LogP contribution in [0.4, 0.5) is 5.13 Å². The van der Waals surface area contributed by atoms with Gasteiger partial charge in [0, 0.05) is 12.6 Å². The first-order valence-corrected chi connectivity index (χ1v) is 14.1. The van der Waals surface area contributed by atoms with E-state index >= 15 is 0 Å². The first kappa shape index (κ1) is 25.2. The van der Waals surface area contributed by atoms with E-state index in [2.05, 4.69) is 0 Å². The van der Waals surface area contributed by atoms with Crippen LogP contribution in [0.15, 0.2) is 77.7 Å². The van der Waals surface area contributed by atoms with E-state index in [0.717, 1.165) is 15.8 Å². The Kier molecular flexibility index (Phi) is 7.14. The van der Waals surface area contributed by atoms with E-state index in [4.69, 9.17) is 14.5 Å². The molecule has 0 saturated carbocycles. The van der Waals surface area contributed by atoms with Crippen LogP contribution < -0.4 is 14.4 Å². The van der Waals surface area contributed by atoms with Crippen LogP contribution in [0.25, 0.3) is 10.2 Å². The minimum atomic E-state index is -3.88. The molecule has 1 aliphatic heterocycles. The third-order valence-electron chi connectivity index (χ3n) is 6.42. The average molecular weight is 538 g/mol. The summed E-state index contributed by atoms with van der Waals surface area (Å²) in [5.41, 5.74) is 1.65. The third-order valence-corrected chi connectivity index (χ3v) is 9.40. The number of carbonyl (C=O) groups is 1. The van der Waals surface area contributed by atoms with Gasteiger partial charge in [0.15, 0.2) is 5.13 Å². The molecule has 0 radical (unpaired) electrons. The highest BCUT2D eigenvalue weighted by atomic mass is 32.2. The van der Waals surface area contributed by atoms with Gasteiger partial charge >= 0.3 is 0 Å². The molecule has 1 aliphatic rings. The van der Waals surface area contributed by atoms with Gasteiger partial charge in [-0.15, -0.1) is 0 Å². The fraction of sp³-hybridized carbons (Fsp3) is 0.259. The van der Waals surface area contributed by atoms with Crippen molar-refractivity contribution in [2.45, 2.75) is 30.3 Å². The van der Waals surface area contributed by atoms with Gasteiger partial charge in [-0.25, -0.2) is 13.4 Å². The Morgan fingerprint density at radius 3 is 2.43 bits per heavy atom. The molecule has 1 atom stereocenters. The first-order valence-electron chi connectivity index (χ1n) is 11.9. The number of rotatable bonds is 8. The summed E-state index contributed by atoms with van der Waals surface area (Å²) in [6, 6.07) is 20.6. The van der Waals surface area contributed by atoms with Crippen LogP contribution in [-0.2, 0) is 21.4 Å². The highest BCUT2D eigenvalue weighted by Crippen LogP contribution is 2.35. The van der Waals surface area contributed by atoms with Gasteiger partial charge in [0.1, 0.15) is 17.5 Å². The van der Waals surface area contributed by atoms with Gasteiger partial charge in [-0.2, -0.15) is 4.31 Å². The smallest absolute Gasteiger partial charge is 0.247 e. The Morgan fingerprint density at radius 2 is 1.73 bits per heavy atom. The number of ether oxygens (including phenoxy) is 2. The number of fused-ring (bicyclic) bond motifs is 1. The van der Waals surface area contributed by atoms with Gasteiger partial charge in [0.2, 0.25) is 15.9 Å². The number of benzene rings is 3. The Hall–Kier alpha value is -3.47. The summed E-state index contributed by atoms with van der Waals surface area (Å²) in [6.45, 7) is 0.560. The summed E-state index contributed by atoms with van der Waals surface area (Å²) < 4.78 is 39.9. The van der Waals surface area contributed by atoms with Crippen molar-refractivity contribution >= 4 is 42.6 Å². The van der Waals surface area contributed by atoms with Crippen LogP contribution in [0.3, 0.4) is 0 Å². The zero-order chi connectivity index (χ0) is 26.0. The zero-order valence-electron chi connectivity index (χ0n) is 20.5. The van der Waals surface area contributed by atoms with E-state index in [1.54, 1.807) is 24.1 Å². The normalized spacial score (nSPS) is 16.1. The van der Waals surface area contributed by atoms with Gasteiger partial charge in [0.25, 0.3) is 0 Å². The largest absolute Gasteiger partial charge is 0.497 e. The maximum atomic E-state index is 14.1. The van der Waals surface area contributed by atoms with Crippen molar-refractivity contribution in [1.29, 1.82) is 0 Å². The molecule has 10 heteroatoms. The molecule has 192 valence electrons. The Balaban J connectivity index is 1.50. The first-order chi connectivity index (χ1) is 17.9. The number of thiazole rings is 1. The molecule has 4 aromatic rings. The molecule has 5 rings (SSSR count). The van der Waals surface area contributed by atoms with Gasteiger partial charge in [-0.05, 0) is 54.8 Å². The number of nitrogens with zero attached hydrogens (tertiary/aromatic N) is 3. The summed E-state index contributed by atoms with van der Waals surface area (Å²) in [6.07, 6.45) is 1.04. The summed E-state index contributed by atoms with van der Waals surface area (Å²) in [5, 5.41) is 0.519. The van der Waals surface area contributed by atoms with Crippen LogP contribution >= 0.6 is 11.3 Å². The third kappa shape index (κ3) is 5.04. The molecule has 3 aromatic carbocycles. The number of hydrogen-bond donors (Lipinski definition) is 0. The van der Waals surface area contributed by atoms with Crippen LogP contribution in [0.2, 0.25) is 0 Å². The van der Waals surface area contributed by atoms with Crippen molar-refractivity contribution in [3.63, 3.8) is 0 Å². The minimum absolute atomic E-state index is 0.134. The molecule has 1 unspecified atom stereocenters. The number of aromatic nitrogens is 1. The Morgan fingerprint density at radius 1 is 1.03 bits per heavy atom. The van der Waals surface area contributed by atoms with E-state index in [1.807, 2.05) is 48.5 Å². The second-order valence-corrected chi connectivity index (χ2v) is 11.6. The van der Waals surface area contributed by atoms with Crippen LogP contribution in [-0.4, -0.2) is 50.4 Å². The zero-order valence-corrected chi connectivity index (χ0v) is 22.2. The topological polar surface area (TPSA) is 89.0 Å². The molecule has 2 heterocycles. The summed E-state index contributed by atoms with van der Waals surface area (Å²) in [5.74, 6) is 0.955. The average Bonchev–Trinajstić information content (AvgIpc) is 3.59. The van der Waals surface area contributed by atoms with E-state index in [9.17, 15) is 13.2 Å². The highest BCUT2D eigenvalue weighted by Gasteiger charge is 2.42. The van der Waals surface area contributed by atoms with Crippen molar-refractivity contribution in [3.05, 3.63) is 78.4 Å². The predicted molar refractivity (Wildman–Crippen MR) is 144 cm³/mol. The van der Waals surface area contributed by atoms with Crippen molar-refractivity contribution in [2.75, 3.05) is 25.7 Å². The van der Waals surface area contributed by atoms with Crippen molar-refractivity contribution < 1.29 is 22.7 Å². The molecule has 0 spiro atoms. The number of amides is 1. The van der Waals surface area contributed by atoms with Gasteiger partial charge in [0.05, 0.1) is 35.9 Å². The lowest BCUT2D eigenvalue weighted by Gasteiger charge is -2.28. The number of methoxy groups -OCH3 is 2. The SMILES string of the molecule is COc1ccc(S(=O)(=O)N2CCCC2C(=O)N(Cc2ccccc2)c2nc3cc(OC)ccc3s2)cc1. The second-order valence-electron chi connectivity index (χ2n) is 8.69. The molecule has 1 saturated heterocycles. The number of sulfonamides is 1. The minimum Gasteiger partial charge on any atom is -0.497 e. The van der Waals surface area contributed by atoms with Crippen molar-refractivity contribution in [1.82, 2.24) is 9.29 Å². The molecule has 8 nitrogen and oxygen atoms in total. The molecule has 0 N–H and O–H groups in total. The summed E-state index contributed by atoms with van der Waals surface area (Å²) in [4.78, 5) is 20.6. The number of hydrogen-bond acceptors (Lipinski definition) is 7. The maximum absolute atomic E-state index is 14.1. The van der Waals surface area contributed by atoms with Crippen LogP contribution in [0.1, 0.15) is 18.4 Å². The second kappa shape index (κ2) is 10.5. The number of anilines is 1. The van der Waals surface area contributed by atoms with E-state index < -0.39 is 16.1 Å². The summed E-state index contributed by atoms with van der Waals surface area (Å²) in [7, 11) is -0.763. The highest BCUT2D eigenvalue weighted by molar-refractivity contribution is 7.89. The number of carbonyl (C=O) groups excluding carboxylic acids is 1. The lowest BCUT2D eigenvalue weighted by Crippen LogP contribution is -2.47. The molecule has 1 amide bonds. The molecule has 37 heavy (non-hydrogen) atoms. The lowest BCUT2D eigenvalue weighted by atomic mass is 10.1. The van der Waals surface area contributed by atoms with Crippen molar-refractivity contribution in [3.8, 4) is 11.5 Å². The molecule has 1 aromatic heterocycles. The van der Waals surface area contributed by atoms with E-state index in [1.165, 1.54) is 34.9 Å². The van der Waals surface area contributed by atoms with Gasteiger partial charge in [-0.3, -0.25) is 9.69 Å². The maximum Gasteiger partial charge on any atom is 0.247 e. The molecule has 1 fully saturated rings. The Bertz CT molecular complexity index is 1500. The van der Waals surface area contributed by atoms with Gasteiger partial charge < -0.3 is 9.47 Å². The Labute approximate surface area is 220 Å². The van der Waals surface area contributed by atoms with E-state index in [-0.39, 0.29) is 23.9 Å². The lowest BCUT2D eigenvalue weighted by molar-refractivity contribution is -0.121. The summed E-state index contributed by atoms with van der Waals surface area (Å²) >= 11 is 1.40. The molecule has 0 bridgehead atoms. The molecule has 0 aliphatic carbocycles. The van der Waals surface area contributed by atoms with Crippen LogP contribution in [0, 0.1) is 0 Å². The van der Waals surface area contributed by atoms with Gasteiger partial charge in [-0.1, -0.05) is 41.7 Å². The standard InChI is InChI=1S/C27H27N3O5S2/c1-34-20-10-13-22(14-11-20)37(32,33)30-16-6-9-24(30)26(31)29(18-19-7-4-3-5-8-19)27-28-23-17-21(35-2)12-15-25(23)36-27/h3-5,7-8,10-15,17,24H,6,9,16,18H2,1-2H3. The fourth-order valence-electron chi connectivity index (χ4n) is 4.48. The van der Waals surface area contributed by atoms with Crippen molar-refractivity contribution in [2.24, 2.45) is 0 Å². The quantitative estimate of drug-likeness (QED) is 0.324. The van der Waals surface area contributed by atoms with E-state index in [0.29, 0.717) is 29.5 Å². The van der Waals surface area contributed by atoms with Crippen LogP contribution in [0.5, 0.6) is 11.5 Å². The fourth-order valence-corrected chi connectivity index (χ4v) is 7.08. The predicted octanol–water partition coefficient (Wildman–Crippen LogP) is 4.70. The molecular formula is C27H27N3O5S2. The monoisotopic (exact) mass is 537 g/mol.